The summed E-state index contributed by atoms with van der Waals surface area (Å²) in [6.07, 6.45) is -14.3. The Labute approximate surface area is 126 Å². The summed E-state index contributed by atoms with van der Waals surface area (Å²) >= 11 is 0. The molecule has 1 aliphatic rings. The van der Waals surface area contributed by atoms with Gasteiger partial charge in [0.15, 0.2) is 12.6 Å². The lowest BCUT2D eigenvalue weighted by molar-refractivity contribution is -0.315. The molecule has 1 saturated heterocycles. The van der Waals surface area contributed by atoms with Crippen LogP contribution in [0.25, 0.3) is 0 Å². The van der Waals surface area contributed by atoms with E-state index in [9.17, 15) is 35.4 Å². The van der Waals surface area contributed by atoms with E-state index in [0.717, 1.165) is 0 Å². The molecule has 0 aliphatic carbocycles. The number of carbonyl (C=O) groups excluding carboxylic acids is 1. The molecule has 0 amide bonds. The third kappa shape index (κ3) is 4.19. The molecule has 0 radical (unpaired) electrons. The molecular formula is C12H22O10. The van der Waals surface area contributed by atoms with Gasteiger partial charge in [-0.1, -0.05) is 0 Å². The monoisotopic (exact) mass is 326 g/mol. The van der Waals surface area contributed by atoms with Crippen molar-refractivity contribution in [3.63, 3.8) is 0 Å². The molecule has 9 atom stereocenters. The van der Waals surface area contributed by atoms with E-state index in [0.29, 0.717) is 0 Å². The quantitative estimate of drug-likeness (QED) is 0.225. The molecule has 0 spiro atoms. The zero-order valence-corrected chi connectivity index (χ0v) is 11.8. The Morgan fingerprint density at radius 1 is 1.09 bits per heavy atom. The molecule has 0 aromatic heterocycles. The van der Waals surface area contributed by atoms with Gasteiger partial charge >= 0.3 is 0 Å². The molecule has 0 aromatic carbocycles. The highest BCUT2D eigenvalue weighted by Crippen LogP contribution is 2.23. The molecule has 7 N–H and O–H groups in total. The lowest BCUT2D eigenvalue weighted by atomic mass is 9.99. The summed E-state index contributed by atoms with van der Waals surface area (Å²) in [5.74, 6) is 0. The van der Waals surface area contributed by atoms with Crippen LogP contribution in [0.1, 0.15) is 6.92 Å². The Kier molecular flexibility index (Phi) is 7.25. The van der Waals surface area contributed by atoms with Crippen molar-refractivity contribution in [3.05, 3.63) is 0 Å². The molecule has 1 fully saturated rings. The van der Waals surface area contributed by atoms with Crippen LogP contribution in [0.2, 0.25) is 0 Å². The largest absolute Gasteiger partial charge is 0.394 e. The molecule has 1 heterocycles. The van der Waals surface area contributed by atoms with Crippen molar-refractivity contribution in [1.29, 1.82) is 0 Å². The average molecular weight is 326 g/mol. The summed E-state index contributed by atoms with van der Waals surface area (Å²) in [5.41, 5.74) is 0. The first-order valence-corrected chi connectivity index (χ1v) is 6.70. The van der Waals surface area contributed by atoms with E-state index in [1.807, 2.05) is 0 Å². The second-order valence-corrected chi connectivity index (χ2v) is 5.16. The van der Waals surface area contributed by atoms with Crippen LogP contribution in [0.5, 0.6) is 0 Å². The molecule has 22 heavy (non-hydrogen) atoms. The van der Waals surface area contributed by atoms with Gasteiger partial charge < -0.3 is 50.0 Å². The van der Waals surface area contributed by atoms with Gasteiger partial charge in [0, 0.05) is 0 Å². The maximum Gasteiger partial charge on any atom is 0.187 e. The lowest BCUT2D eigenvalue weighted by Crippen LogP contribution is -2.60. The first kappa shape index (κ1) is 19.4. The van der Waals surface area contributed by atoms with Crippen LogP contribution in [-0.4, -0.2) is 104 Å². The van der Waals surface area contributed by atoms with Crippen LogP contribution in [0.4, 0.5) is 0 Å². The van der Waals surface area contributed by atoms with Crippen LogP contribution < -0.4 is 0 Å². The predicted molar refractivity (Wildman–Crippen MR) is 68.4 cm³/mol. The third-order valence-corrected chi connectivity index (χ3v) is 3.45. The van der Waals surface area contributed by atoms with Crippen LogP contribution >= 0.6 is 0 Å². The summed E-state index contributed by atoms with van der Waals surface area (Å²) in [4.78, 5) is 11.0. The van der Waals surface area contributed by atoms with Gasteiger partial charge in [-0.3, -0.25) is 0 Å². The van der Waals surface area contributed by atoms with E-state index in [1.165, 1.54) is 6.92 Å². The predicted octanol–water partition coefficient (Wildman–Crippen LogP) is -4.53. The molecule has 10 heteroatoms. The maximum absolute atomic E-state index is 11.0. The molecule has 0 saturated carbocycles. The number of aldehydes is 1. The van der Waals surface area contributed by atoms with Crippen molar-refractivity contribution in [2.75, 3.05) is 6.61 Å². The minimum atomic E-state index is -1.81. The van der Waals surface area contributed by atoms with E-state index in [4.69, 9.17) is 14.6 Å². The second kappa shape index (κ2) is 8.24. The molecule has 0 unspecified atom stereocenters. The molecule has 10 nitrogen and oxygen atoms in total. The Bertz CT molecular complexity index is 349. The van der Waals surface area contributed by atoms with E-state index in [-0.39, 0.29) is 6.29 Å². The van der Waals surface area contributed by atoms with Crippen molar-refractivity contribution in [2.45, 2.75) is 62.0 Å². The summed E-state index contributed by atoms with van der Waals surface area (Å²) in [7, 11) is 0. The van der Waals surface area contributed by atoms with Crippen LogP contribution in [0, 0.1) is 0 Å². The number of ether oxygens (including phenoxy) is 2. The minimum Gasteiger partial charge on any atom is -0.394 e. The second-order valence-electron chi connectivity index (χ2n) is 5.16. The fourth-order valence-corrected chi connectivity index (χ4v) is 2.01. The van der Waals surface area contributed by atoms with Crippen molar-refractivity contribution < 1.29 is 50.0 Å². The SMILES string of the molecule is C[C@H](O)[C@H](O)[C@@H](O)[C@H](C=O)O[C@@H]1O[C@H](CO)[C@H](O)[C@H](O)[C@H]1O. The summed E-state index contributed by atoms with van der Waals surface area (Å²) in [5, 5.41) is 66.4. The zero-order chi connectivity index (χ0) is 17.0. The average Bonchev–Trinajstić information content (AvgIpc) is 2.50. The van der Waals surface area contributed by atoms with Gasteiger partial charge in [0.2, 0.25) is 0 Å². The first-order valence-electron chi connectivity index (χ1n) is 6.70. The molecule has 0 bridgehead atoms. The van der Waals surface area contributed by atoms with E-state index in [1.54, 1.807) is 0 Å². The highest BCUT2D eigenvalue weighted by atomic mass is 16.7. The van der Waals surface area contributed by atoms with Crippen molar-refractivity contribution >= 4 is 6.29 Å². The molecule has 130 valence electrons. The van der Waals surface area contributed by atoms with E-state index >= 15 is 0 Å². The Hall–Kier alpha value is -0.690. The molecule has 1 rings (SSSR count). The van der Waals surface area contributed by atoms with Gasteiger partial charge in [-0.25, -0.2) is 0 Å². The standard InChI is InChI=1S/C12H22O10/c1-4(15)7(16)8(17)5(2-13)21-12-11(20)10(19)9(18)6(3-14)22-12/h2,4-12,14-20H,3H2,1H3/t4-,5-,6+,7-,8-,9-,10-,11+,12+/m0/s1. The first-order chi connectivity index (χ1) is 10.2. The lowest BCUT2D eigenvalue weighted by Gasteiger charge is -2.41. The van der Waals surface area contributed by atoms with Gasteiger partial charge in [0.05, 0.1) is 12.7 Å². The van der Waals surface area contributed by atoms with Crippen LogP contribution in [0.15, 0.2) is 0 Å². The fourth-order valence-electron chi connectivity index (χ4n) is 2.01. The van der Waals surface area contributed by atoms with Crippen molar-refractivity contribution in [2.24, 2.45) is 0 Å². The Morgan fingerprint density at radius 2 is 1.68 bits per heavy atom. The van der Waals surface area contributed by atoms with Crippen molar-refractivity contribution in [1.82, 2.24) is 0 Å². The number of rotatable bonds is 7. The number of hydrogen-bond acceptors (Lipinski definition) is 10. The Morgan fingerprint density at radius 3 is 2.14 bits per heavy atom. The number of aliphatic hydroxyl groups excluding tert-OH is 7. The van der Waals surface area contributed by atoms with Gasteiger partial charge in [0.25, 0.3) is 0 Å². The highest BCUT2D eigenvalue weighted by Gasteiger charge is 2.46. The summed E-state index contributed by atoms with van der Waals surface area (Å²) < 4.78 is 10.0. The summed E-state index contributed by atoms with van der Waals surface area (Å²) in [6, 6.07) is 0. The summed E-state index contributed by atoms with van der Waals surface area (Å²) in [6.45, 7) is 0.499. The van der Waals surface area contributed by atoms with Crippen LogP contribution in [0.3, 0.4) is 0 Å². The topological polar surface area (TPSA) is 177 Å². The fraction of sp³-hybridized carbons (Fsp3) is 0.917. The zero-order valence-electron chi connectivity index (χ0n) is 11.8. The van der Waals surface area contributed by atoms with Crippen LogP contribution in [-0.2, 0) is 14.3 Å². The Balaban J connectivity index is 2.79. The van der Waals surface area contributed by atoms with Gasteiger partial charge in [0.1, 0.15) is 42.7 Å². The highest BCUT2D eigenvalue weighted by molar-refractivity contribution is 5.57. The normalized spacial score (nSPS) is 38.1. The van der Waals surface area contributed by atoms with E-state index in [2.05, 4.69) is 0 Å². The number of aliphatic hydroxyl groups is 7. The minimum absolute atomic E-state index is 0.123. The van der Waals surface area contributed by atoms with Crippen molar-refractivity contribution in [3.8, 4) is 0 Å². The number of carbonyl (C=O) groups is 1. The van der Waals surface area contributed by atoms with Gasteiger partial charge in [-0.2, -0.15) is 0 Å². The number of hydrogen-bond donors (Lipinski definition) is 7. The smallest absolute Gasteiger partial charge is 0.187 e. The molecule has 0 aromatic rings. The van der Waals surface area contributed by atoms with Gasteiger partial charge in [-0.05, 0) is 6.92 Å². The van der Waals surface area contributed by atoms with Gasteiger partial charge in [-0.15, -0.1) is 0 Å². The third-order valence-electron chi connectivity index (χ3n) is 3.45. The van der Waals surface area contributed by atoms with E-state index < -0.39 is 61.7 Å². The molecular weight excluding hydrogens is 304 g/mol. The maximum atomic E-state index is 11.0. The molecule has 1 aliphatic heterocycles.